The van der Waals surface area contributed by atoms with Crippen molar-refractivity contribution in [2.75, 3.05) is 12.8 Å². The van der Waals surface area contributed by atoms with Gasteiger partial charge in [0.25, 0.3) is 0 Å². The van der Waals surface area contributed by atoms with Crippen LogP contribution in [0, 0.1) is 5.41 Å². The Kier molecular flexibility index (Phi) is 4.96. The van der Waals surface area contributed by atoms with Crippen LogP contribution in [0.3, 0.4) is 0 Å². The van der Waals surface area contributed by atoms with Crippen LogP contribution in [-0.2, 0) is 4.79 Å². The number of rotatable bonds is 4. The van der Waals surface area contributed by atoms with Gasteiger partial charge in [-0.15, -0.1) is 0 Å². The van der Waals surface area contributed by atoms with E-state index >= 15 is 0 Å². The zero-order valence-electron chi connectivity index (χ0n) is 11.4. The highest BCUT2D eigenvalue weighted by atomic mass is 32.2. The predicted octanol–water partition coefficient (Wildman–Crippen LogP) is 2.30. The first kappa shape index (κ1) is 14.2. The number of nitrogens with one attached hydrogen (secondary N) is 1. The molecule has 2 saturated carbocycles. The number of hydrogen-bond acceptors (Lipinski definition) is 3. The summed E-state index contributed by atoms with van der Waals surface area (Å²) in [6, 6.07) is 0.389. The van der Waals surface area contributed by atoms with E-state index in [1.54, 1.807) is 0 Å². The fraction of sp³-hybridized carbons (Fsp3) is 0.929. The van der Waals surface area contributed by atoms with Gasteiger partial charge in [-0.3, -0.25) is 4.79 Å². The lowest BCUT2D eigenvalue weighted by molar-refractivity contribution is -0.133. The maximum Gasteiger partial charge on any atom is 0.227 e. The molecule has 0 aromatic rings. The zero-order chi connectivity index (χ0) is 13.0. The fourth-order valence-corrected chi connectivity index (χ4v) is 4.17. The third kappa shape index (κ3) is 3.02. The third-order valence-electron chi connectivity index (χ3n) is 4.74. The second-order valence-corrected chi connectivity index (χ2v) is 7.02. The van der Waals surface area contributed by atoms with E-state index in [-0.39, 0.29) is 11.3 Å². The molecule has 0 aliphatic heterocycles. The van der Waals surface area contributed by atoms with Gasteiger partial charge in [-0.05, 0) is 38.4 Å². The van der Waals surface area contributed by atoms with E-state index in [9.17, 15) is 4.79 Å². The number of carbonyl (C=O) groups excluding carboxylic acids is 1. The molecule has 0 bridgehead atoms. The summed E-state index contributed by atoms with van der Waals surface area (Å²) in [5.74, 6) is 0.233. The van der Waals surface area contributed by atoms with Gasteiger partial charge in [0, 0.05) is 17.8 Å². The molecule has 2 aliphatic rings. The summed E-state index contributed by atoms with van der Waals surface area (Å²) in [6.45, 7) is 0.511. The largest absolute Gasteiger partial charge is 0.353 e. The summed E-state index contributed by atoms with van der Waals surface area (Å²) in [5.41, 5.74) is 5.65. The lowest BCUT2D eigenvalue weighted by Gasteiger charge is -2.35. The summed E-state index contributed by atoms with van der Waals surface area (Å²) in [6.07, 6.45) is 11.2. The van der Waals surface area contributed by atoms with Crippen molar-refractivity contribution in [2.45, 2.75) is 62.7 Å². The summed E-state index contributed by atoms with van der Waals surface area (Å²) >= 11 is 1.93. The lowest BCUT2D eigenvalue weighted by Crippen LogP contribution is -2.49. The van der Waals surface area contributed by atoms with Crippen molar-refractivity contribution < 1.29 is 4.79 Å². The SMILES string of the molecule is CSC1CCC(NC(=O)C2(CN)CCCCC2)C1. The van der Waals surface area contributed by atoms with E-state index in [4.69, 9.17) is 5.73 Å². The van der Waals surface area contributed by atoms with Crippen LogP contribution >= 0.6 is 11.8 Å². The van der Waals surface area contributed by atoms with Crippen LogP contribution in [0.2, 0.25) is 0 Å². The lowest BCUT2D eigenvalue weighted by atomic mass is 9.73. The van der Waals surface area contributed by atoms with Crippen molar-refractivity contribution in [3.05, 3.63) is 0 Å². The predicted molar refractivity (Wildman–Crippen MR) is 77.7 cm³/mol. The molecule has 1 amide bonds. The van der Waals surface area contributed by atoms with Crippen molar-refractivity contribution in [2.24, 2.45) is 11.1 Å². The molecule has 4 heteroatoms. The number of nitrogens with two attached hydrogens (primary N) is 1. The van der Waals surface area contributed by atoms with Gasteiger partial charge in [-0.2, -0.15) is 11.8 Å². The van der Waals surface area contributed by atoms with Crippen molar-refractivity contribution in [3.63, 3.8) is 0 Å². The van der Waals surface area contributed by atoms with Crippen LogP contribution in [0.4, 0.5) is 0 Å². The highest BCUT2D eigenvalue weighted by Gasteiger charge is 2.39. The Balaban J connectivity index is 1.90. The molecule has 0 radical (unpaired) electrons. The Bertz CT molecular complexity index is 290. The molecule has 2 atom stereocenters. The summed E-state index contributed by atoms with van der Waals surface area (Å²) < 4.78 is 0. The summed E-state index contributed by atoms with van der Waals surface area (Å²) in [7, 11) is 0. The Morgan fingerprint density at radius 2 is 2.06 bits per heavy atom. The normalized spacial score (nSPS) is 31.2. The van der Waals surface area contributed by atoms with Gasteiger partial charge in [0.2, 0.25) is 5.91 Å². The molecule has 0 aromatic carbocycles. The van der Waals surface area contributed by atoms with E-state index < -0.39 is 0 Å². The van der Waals surface area contributed by atoms with Crippen LogP contribution in [0.25, 0.3) is 0 Å². The Hall–Kier alpha value is -0.220. The van der Waals surface area contributed by atoms with Crippen LogP contribution in [0.5, 0.6) is 0 Å². The molecule has 3 N–H and O–H groups in total. The van der Waals surface area contributed by atoms with Crippen molar-refractivity contribution in [3.8, 4) is 0 Å². The molecule has 2 rings (SSSR count). The molecule has 3 nitrogen and oxygen atoms in total. The van der Waals surface area contributed by atoms with Gasteiger partial charge in [-0.1, -0.05) is 19.3 Å². The maximum atomic E-state index is 12.5. The number of amides is 1. The van der Waals surface area contributed by atoms with Crippen molar-refractivity contribution in [1.82, 2.24) is 5.32 Å². The second kappa shape index (κ2) is 6.29. The number of carbonyl (C=O) groups is 1. The summed E-state index contributed by atoms with van der Waals surface area (Å²) in [5, 5.41) is 4.00. The molecule has 0 heterocycles. The van der Waals surface area contributed by atoms with Gasteiger partial charge in [0.1, 0.15) is 0 Å². The Morgan fingerprint density at radius 1 is 1.33 bits per heavy atom. The van der Waals surface area contributed by atoms with Crippen LogP contribution < -0.4 is 11.1 Å². The molecular formula is C14H26N2OS. The van der Waals surface area contributed by atoms with E-state index in [1.165, 1.54) is 12.8 Å². The van der Waals surface area contributed by atoms with E-state index in [0.29, 0.717) is 12.6 Å². The fourth-order valence-electron chi connectivity index (χ4n) is 3.38. The topological polar surface area (TPSA) is 55.1 Å². The summed E-state index contributed by atoms with van der Waals surface area (Å²) in [4.78, 5) is 12.5. The Labute approximate surface area is 115 Å². The van der Waals surface area contributed by atoms with Gasteiger partial charge in [0.15, 0.2) is 0 Å². The average Bonchev–Trinajstić information content (AvgIpc) is 2.87. The minimum absolute atomic E-state index is 0.233. The number of hydrogen-bond donors (Lipinski definition) is 2. The van der Waals surface area contributed by atoms with Gasteiger partial charge in [-0.25, -0.2) is 0 Å². The maximum absolute atomic E-state index is 12.5. The smallest absolute Gasteiger partial charge is 0.227 e. The molecule has 0 aromatic heterocycles. The van der Waals surface area contributed by atoms with Gasteiger partial charge < -0.3 is 11.1 Å². The first-order valence-corrected chi connectivity index (χ1v) is 8.53. The van der Waals surface area contributed by atoms with Crippen molar-refractivity contribution >= 4 is 17.7 Å². The molecular weight excluding hydrogens is 244 g/mol. The van der Waals surface area contributed by atoms with Gasteiger partial charge in [0.05, 0.1) is 5.41 Å². The zero-order valence-corrected chi connectivity index (χ0v) is 12.2. The monoisotopic (exact) mass is 270 g/mol. The molecule has 2 fully saturated rings. The molecule has 2 aliphatic carbocycles. The first-order chi connectivity index (χ1) is 8.70. The molecule has 0 spiro atoms. The molecule has 18 heavy (non-hydrogen) atoms. The minimum atomic E-state index is -0.254. The first-order valence-electron chi connectivity index (χ1n) is 7.24. The molecule has 104 valence electrons. The quantitative estimate of drug-likeness (QED) is 0.824. The second-order valence-electron chi connectivity index (χ2n) is 5.89. The highest BCUT2D eigenvalue weighted by molar-refractivity contribution is 7.99. The molecule has 2 unspecified atom stereocenters. The van der Waals surface area contributed by atoms with Crippen molar-refractivity contribution in [1.29, 1.82) is 0 Å². The third-order valence-corrected chi connectivity index (χ3v) is 5.83. The van der Waals surface area contributed by atoms with Crippen LogP contribution in [0.15, 0.2) is 0 Å². The minimum Gasteiger partial charge on any atom is -0.353 e. The van der Waals surface area contributed by atoms with Crippen LogP contribution in [-0.4, -0.2) is 30.0 Å². The van der Waals surface area contributed by atoms with E-state index in [1.807, 2.05) is 11.8 Å². The number of thioether (sulfide) groups is 1. The average molecular weight is 270 g/mol. The van der Waals surface area contributed by atoms with Gasteiger partial charge >= 0.3 is 0 Å². The molecule has 0 saturated heterocycles. The van der Waals surface area contributed by atoms with Crippen LogP contribution in [0.1, 0.15) is 51.4 Å². The van der Waals surface area contributed by atoms with E-state index in [0.717, 1.165) is 43.8 Å². The highest BCUT2D eigenvalue weighted by Crippen LogP contribution is 2.36. The van der Waals surface area contributed by atoms with E-state index in [2.05, 4.69) is 11.6 Å². The standard InChI is InChI=1S/C14H26N2OS/c1-18-12-6-5-11(9-12)16-13(17)14(10-15)7-3-2-4-8-14/h11-12H,2-10,15H2,1H3,(H,16,17). The Morgan fingerprint density at radius 3 is 2.61 bits per heavy atom.